The summed E-state index contributed by atoms with van der Waals surface area (Å²) in [6.45, 7) is 6.17. The molecule has 8 heteroatoms. The summed E-state index contributed by atoms with van der Waals surface area (Å²) in [5.41, 5.74) is -0.561. The fourth-order valence-electron chi connectivity index (χ4n) is 2.57. The van der Waals surface area contributed by atoms with Gasteiger partial charge in [0, 0.05) is 25.2 Å². The molecule has 1 saturated heterocycles. The number of ether oxygens (including phenoxy) is 2. The first-order valence-electron chi connectivity index (χ1n) is 8.49. The van der Waals surface area contributed by atoms with Crippen LogP contribution in [0.2, 0.25) is 5.02 Å². The highest BCUT2D eigenvalue weighted by Crippen LogP contribution is 2.20. The molecule has 0 radical (unpaired) electrons. The molecular weight excluding hydrogens is 363 g/mol. The van der Waals surface area contributed by atoms with Crippen LogP contribution in [-0.4, -0.2) is 48.2 Å². The quantitative estimate of drug-likeness (QED) is 0.861. The van der Waals surface area contributed by atoms with Crippen molar-refractivity contribution in [2.45, 2.75) is 45.3 Å². The second-order valence-electron chi connectivity index (χ2n) is 7.20. The number of halogens is 2. The van der Waals surface area contributed by atoms with Crippen LogP contribution in [0.15, 0.2) is 18.2 Å². The van der Waals surface area contributed by atoms with Gasteiger partial charge in [-0.1, -0.05) is 11.6 Å². The molecule has 0 unspecified atom stereocenters. The van der Waals surface area contributed by atoms with Crippen LogP contribution in [0.5, 0.6) is 5.75 Å². The number of rotatable bonds is 4. The van der Waals surface area contributed by atoms with E-state index in [9.17, 15) is 14.0 Å². The summed E-state index contributed by atoms with van der Waals surface area (Å²) < 4.78 is 24.0. The van der Waals surface area contributed by atoms with E-state index in [1.54, 1.807) is 4.90 Å². The molecule has 0 spiro atoms. The third-order valence-electron chi connectivity index (χ3n) is 3.70. The molecule has 2 amide bonds. The second kappa shape index (κ2) is 8.58. The highest BCUT2D eigenvalue weighted by molar-refractivity contribution is 6.30. The molecule has 1 heterocycles. The number of carbonyl (C=O) groups excluding carboxylic acids is 2. The number of carbonyl (C=O) groups is 2. The van der Waals surface area contributed by atoms with Crippen LogP contribution in [0, 0.1) is 5.82 Å². The number of benzene rings is 1. The number of piperidine rings is 1. The van der Waals surface area contributed by atoms with Gasteiger partial charge in [0.15, 0.2) is 6.61 Å². The minimum atomic E-state index is -0.607. The van der Waals surface area contributed by atoms with Crippen molar-refractivity contribution < 1.29 is 23.5 Å². The van der Waals surface area contributed by atoms with E-state index in [0.717, 1.165) is 18.9 Å². The van der Waals surface area contributed by atoms with E-state index < -0.39 is 11.4 Å². The van der Waals surface area contributed by atoms with Gasteiger partial charge in [-0.25, -0.2) is 9.18 Å². The monoisotopic (exact) mass is 386 g/mol. The summed E-state index contributed by atoms with van der Waals surface area (Å²) in [4.78, 5) is 25.8. The van der Waals surface area contributed by atoms with Crippen molar-refractivity contribution in [2.24, 2.45) is 0 Å². The van der Waals surface area contributed by atoms with Crippen molar-refractivity contribution in [3.8, 4) is 5.75 Å². The molecule has 2 rings (SSSR count). The van der Waals surface area contributed by atoms with Crippen LogP contribution in [-0.2, 0) is 9.53 Å². The average Bonchev–Trinajstić information content (AvgIpc) is 2.54. The van der Waals surface area contributed by atoms with Gasteiger partial charge in [0.05, 0.1) is 5.02 Å². The molecule has 1 aliphatic heterocycles. The van der Waals surface area contributed by atoms with Gasteiger partial charge in [0.1, 0.15) is 17.2 Å². The molecule has 1 atom stereocenters. The van der Waals surface area contributed by atoms with E-state index in [2.05, 4.69) is 5.32 Å². The van der Waals surface area contributed by atoms with Gasteiger partial charge in [0.25, 0.3) is 5.91 Å². The fourth-order valence-corrected chi connectivity index (χ4v) is 2.69. The lowest BCUT2D eigenvalue weighted by molar-refractivity contribution is -0.124. The lowest BCUT2D eigenvalue weighted by Crippen LogP contribution is -2.51. The molecule has 26 heavy (non-hydrogen) atoms. The predicted molar refractivity (Wildman–Crippen MR) is 95.9 cm³/mol. The minimum absolute atomic E-state index is 0.00811. The van der Waals surface area contributed by atoms with Crippen LogP contribution < -0.4 is 10.1 Å². The Hall–Kier alpha value is -2.02. The third-order valence-corrected chi connectivity index (χ3v) is 4.01. The standard InChI is InChI=1S/C18H24ClFN2O4/c1-18(2,3)26-17(24)22-8-4-5-12(10-22)21-16(23)11-25-13-6-7-14(19)15(20)9-13/h6-7,9,12H,4-5,8,10-11H2,1-3H3,(H,21,23)/t12-/m0/s1. The number of likely N-dealkylation sites (tertiary alicyclic amines) is 1. The Morgan fingerprint density at radius 2 is 2.12 bits per heavy atom. The van der Waals surface area contributed by atoms with Gasteiger partial charge in [0.2, 0.25) is 0 Å². The van der Waals surface area contributed by atoms with Crippen molar-refractivity contribution >= 4 is 23.6 Å². The number of amides is 2. The van der Waals surface area contributed by atoms with Crippen molar-refractivity contribution in [1.29, 1.82) is 0 Å². The lowest BCUT2D eigenvalue weighted by Gasteiger charge is -2.34. The van der Waals surface area contributed by atoms with Crippen LogP contribution in [0.25, 0.3) is 0 Å². The Bertz CT molecular complexity index is 663. The van der Waals surface area contributed by atoms with E-state index in [1.807, 2.05) is 20.8 Å². The Balaban J connectivity index is 1.80. The zero-order valence-corrected chi connectivity index (χ0v) is 15.9. The summed E-state index contributed by atoms with van der Waals surface area (Å²) in [7, 11) is 0. The summed E-state index contributed by atoms with van der Waals surface area (Å²) in [5, 5.41) is 2.82. The van der Waals surface area contributed by atoms with Crippen LogP contribution in [0.3, 0.4) is 0 Å². The first-order valence-corrected chi connectivity index (χ1v) is 8.87. The maximum atomic E-state index is 13.4. The summed E-state index contributed by atoms with van der Waals surface area (Å²) >= 11 is 5.60. The molecular formula is C18H24ClFN2O4. The average molecular weight is 387 g/mol. The molecule has 0 aromatic heterocycles. The zero-order chi connectivity index (χ0) is 19.3. The smallest absolute Gasteiger partial charge is 0.410 e. The lowest BCUT2D eigenvalue weighted by atomic mass is 10.1. The Morgan fingerprint density at radius 3 is 2.77 bits per heavy atom. The molecule has 1 aromatic rings. The van der Waals surface area contributed by atoms with Gasteiger partial charge in [-0.05, 0) is 45.7 Å². The van der Waals surface area contributed by atoms with E-state index in [-0.39, 0.29) is 35.4 Å². The second-order valence-corrected chi connectivity index (χ2v) is 7.60. The first kappa shape index (κ1) is 20.3. The molecule has 0 saturated carbocycles. The maximum absolute atomic E-state index is 13.4. The zero-order valence-electron chi connectivity index (χ0n) is 15.2. The Labute approximate surface area is 157 Å². The summed E-state index contributed by atoms with van der Waals surface area (Å²) in [5.74, 6) is -0.720. The SMILES string of the molecule is CC(C)(C)OC(=O)N1CCC[C@H](NC(=O)COc2ccc(Cl)c(F)c2)C1. The molecule has 1 aliphatic rings. The summed E-state index contributed by atoms with van der Waals surface area (Å²) in [6.07, 6.45) is 1.15. The van der Waals surface area contributed by atoms with E-state index in [4.69, 9.17) is 21.1 Å². The van der Waals surface area contributed by atoms with Crippen molar-refractivity contribution in [2.75, 3.05) is 19.7 Å². The van der Waals surface area contributed by atoms with E-state index >= 15 is 0 Å². The first-order chi connectivity index (χ1) is 12.1. The van der Waals surface area contributed by atoms with Gasteiger partial charge >= 0.3 is 6.09 Å². The molecule has 1 fully saturated rings. The van der Waals surface area contributed by atoms with Gasteiger partial charge in [-0.3, -0.25) is 4.79 Å². The number of hydrogen-bond donors (Lipinski definition) is 1. The number of nitrogens with one attached hydrogen (secondary N) is 1. The van der Waals surface area contributed by atoms with Crippen molar-refractivity contribution in [3.05, 3.63) is 29.0 Å². The van der Waals surface area contributed by atoms with Crippen molar-refractivity contribution in [1.82, 2.24) is 10.2 Å². The van der Waals surface area contributed by atoms with Gasteiger partial charge in [-0.2, -0.15) is 0 Å². The number of nitrogens with zero attached hydrogens (tertiary/aromatic N) is 1. The molecule has 6 nitrogen and oxygen atoms in total. The van der Waals surface area contributed by atoms with Crippen molar-refractivity contribution in [3.63, 3.8) is 0 Å². The van der Waals surface area contributed by atoms with E-state index in [1.165, 1.54) is 12.1 Å². The highest BCUT2D eigenvalue weighted by Gasteiger charge is 2.28. The van der Waals surface area contributed by atoms with Gasteiger partial charge < -0.3 is 19.7 Å². The molecule has 144 valence electrons. The van der Waals surface area contributed by atoms with Crippen LogP contribution in [0.4, 0.5) is 9.18 Å². The number of hydrogen-bond acceptors (Lipinski definition) is 4. The van der Waals surface area contributed by atoms with Gasteiger partial charge in [-0.15, -0.1) is 0 Å². The molecule has 0 bridgehead atoms. The third kappa shape index (κ3) is 6.37. The largest absolute Gasteiger partial charge is 0.484 e. The predicted octanol–water partition coefficient (Wildman–Crippen LogP) is 3.37. The molecule has 0 aliphatic carbocycles. The fraction of sp³-hybridized carbons (Fsp3) is 0.556. The maximum Gasteiger partial charge on any atom is 0.410 e. The normalized spacial score (nSPS) is 17.6. The Morgan fingerprint density at radius 1 is 1.38 bits per heavy atom. The molecule has 1 N–H and O–H groups in total. The van der Waals surface area contributed by atoms with E-state index in [0.29, 0.717) is 13.1 Å². The molecule has 1 aromatic carbocycles. The van der Waals surface area contributed by atoms with Crippen LogP contribution >= 0.6 is 11.6 Å². The van der Waals surface area contributed by atoms with Crippen LogP contribution in [0.1, 0.15) is 33.6 Å². The highest BCUT2D eigenvalue weighted by atomic mass is 35.5. The summed E-state index contributed by atoms with van der Waals surface area (Å²) in [6, 6.07) is 3.81. The topological polar surface area (TPSA) is 67.9 Å². The minimum Gasteiger partial charge on any atom is -0.484 e. The Kier molecular flexibility index (Phi) is 6.69.